The van der Waals surface area contributed by atoms with Gasteiger partial charge in [-0.3, -0.25) is 0 Å². The van der Waals surface area contributed by atoms with Gasteiger partial charge < -0.3 is 24.2 Å². The van der Waals surface area contributed by atoms with Crippen LogP contribution in [0, 0.1) is 5.92 Å². The highest BCUT2D eigenvalue weighted by atomic mass is 16.6. The average molecular weight is 492 g/mol. The highest BCUT2D eigenvalue weighted by Crippen LogP contribution is 2.36. The molecule has 3 atom stereocenters. The number of piperidine rings is 1. The van der Waals surface area contributed by atoms with E-state index in [4.69, 9.17) is 14.2 Å². The van der Waals surface area contributed by atoms with Gasteiger partial charge in [0, 0.05) is 25.5 Å². The van der Waals surface area contributed by atoms with Crippen molar-refractivity contribution in [1.82, 2.24) is 4.90 Å². The van der Waals surface area contributed by atoms with Crippen LogP contribution < -0.4 is 0 Å². The maximum absolute atomic E-state index is 13.0. The Bertz CT molecular complexity index is 1150. The molecule has 1 aliphatic heterocycles. The summed E-state index contributed by atoms with van der Waals surface area (Å²) < 4.78 is 17.9. The van der Waals surface area contributed by atoms with Crippen LogP contribution in [0.2, 0.25) is 0 Å². The number of aliphatic hydroxyl groups excluding tert-OH is 1. The van der Waals surface area contributed by atoms with E-state index in [0.717, 1.165) is 16.7 Å². The van der Waals surface area contributed by atoms with Crippen molar-refractivity contribution in [3.05, 3.63) is 83.4 Å². The molecular weight excluding hydrogens is 454 g/mol. The third-order valence-corrected chi connectivity index (χ3v) is 6.62. The summed E-state index contributed by atoms with van der Waals surface area (Å²) in [5.74, 6) is 0.0506. The molecule has 6 nitrogen and oxygen atoms in total. The number of fused-ring (bicyclic) bond motifs is 1. The fraction of sp³-hybridized carbons (Fsp3) is 0.433. The van der Waals surface area contributed by atoms with Crippen molar-refractivity contribution in [2.24, 2.45) is 5.92 Å². The number of benzene rings is 3. The first kappa shape index (κ1) is 26.1. The summed E-state index contributed by atoms with van der Waals surface area (Å²) in [4.78, 5) is 14.8. The number of aliphatic hydroxyl groups is 1. The van der Waals surface area contributed by atoms with E-state index in [0.29, 0.717) is 26.3 Å². The van der Waals surface area contributed by atoms with Crippen LogP contribution in [-0.2, 0) is 27.4 Å². The number of likely N-dealkylation sites (tertiary alicyclic amines) is 1. The number of ether oxygens (including phenoxy) is 3. The quantitative estimate of drug-likeness (QED) is 0.472. The Balaban J connectivity index is 1.61. The molecule has 3 aromatic rings. The number of hydrogen-bond acceptors (Lipinski definition) is 5. The zero-order chi connectivity index (χ0) is 25.7. The lowest BCUT2D eigenvalue weighted by atomic mass is 9.78. The maximum atomic E-state index is 13.0. The van der Waals surface area contributed by atoms with Gasteiger partial charge in [0.2, 0.25) is 0 Å². The molecular formula is C30H37NO5. The van der Waals surface area contributed by atoms with Gasteiger partial charge in [0.05, 0.1) is 32.5 Å². The standard InChI is InChI=1S/C30H37NO5/c1-30(2,3)36-29(33)31-16-26(20-34-4)28(24-13-9-21(18-32)10-14-24)27(17-31)35-19-22-11-12-23-7-5-6-8-25(23)15-22/h5-15,26-28,32H,16-20H2,1-4H3. The van der Waals surface area contributed by atoms with Gasteiger partial charge in [-0.2, -0.15) is 0 Å². The number of nitrogens with zero attached hydrogens (tertiary/aromatic N) is 1. The van der Waals surface area contributed by atoms with Crippen LogP contribution >= 0.6 is 0 Å². The summed E-state index contributed by atoms with van der Waals surface area (Å²) in [5.41, 5.74) is 2.48. The van der Waals surface area contributed by atoms with Crippen LogP contribution in [0.15, 0.2) is 66.7 Å². The molecule has 0 bridgehead atoms. The van der Waals surface area contributed by atoms with Gasteiger partial charge >= 0.3 is 6.09 Å². The molecule has 6 heteroatoms. The van der Waals surface area contributed by atoms with Crippen molar-refractivity contribution in [3.63, 3.8) is 0 Å². The van der Waals surface area contributed by atoms with Gasteiger partial charge in [-0.1, -0.05) is 60.7 Å². The van der Waals surface area contributed by atoms with Crippen molar-refractivity contribution in [3.8, 4) is 0 Å². The van der Waals surface area contributed by atoms with E-state index in [1.807, 2.05) is 45.0 Å². The Hall–Kier alpha value is -2.93. The molecule has 1 aliphatic rings. The molecule has 3 unspecified atom stereocenters. The third-order valence-electron chi connectivity index (χ3n) is 6.62. The molecule has 4 rings (SSSR count). The Morgan fingerprint density at radius 3 is 2.33 bits per heavy atom. The van der Waals surface area contributed by atoms with E-state index in [2.05, 4.69) is 42.5 Å². The normalized spacial score (nSPS) is 20.5. The van der Waals surface area contributed by atoms with E-state index in [1.165, 1.54) is 10.8 Å². The Kier molecular flexibility index (Phi) is 8.29. The second-order valence-corrected chi connectivity index (χ2v) is 10.6. The van der Waals surface area contributed by atoms with Crippen LogP contribution in [0.3, 0.4) is 0 Å². The van der Waals surface area contributed by atoms with Gasteiger partial charge in [0.25, 0.3) is 0 Å². The Morgan fingerprint density at radius 2 is 1.67 bits per heavy atom. The fourth-order valence-electron chi connectivity index (χ4n) is 4.97. The zero-order valence-electron chi connectivity index (χ0n) is 21.6. The van der Waals surface area contributed by atoms with E-state index < -0.39 is 5.60 Å². The predicted molar refractivity (Wildman–Crippen MR) is 141 cm³/mol. The first-order valence-corrected chi connectivity index (χ1v) is 12.5. The number of methoxy groups -OCH3 is 1. The fourth-order valence-corrected chi connectivity index (χ4v) is 4.97. The van der Waals surface area contributed by atoms with Gasteiger partial charge in [-0.15, -0.1) is 0 Å². The zero-order valence-corrected chi connectivity index (χ0v) is 21.6. The molecule has 1 saturated heterocycles. The number of carbonyl (C=O) groups is 1. The molecule has 1 N–H and O–H groups in total. The highest BCUT2D eigenvalue weighted by Gasteiger charge is 2.41. The van der Waals surface area contributed by atoms with Crippen LogP contribution in [-0.4, -0.2) is 54.6 Å². The molecule has 0 spiro atoms. The smallest absolute Gasteiger partial charge is 0.410 e. The summed E-state index contributed by atoms with van der Waals surface area (Å²) in [6.07, 6.45) is -0.588. The topological polar surface area (TPSA) is 68.2 Å². The second-order valence-electron chi connectivity index (χ2n) is 10.6. The lowest BCUT2D eigenvalue weighted by molar-refractivity contribution is -0.0629. The summed E-state index contributed by atoms with van der Waals surface area (Å²) in [7, 11) is 1.68. The predicted octanol–water partition coefficient (Wildman–Crippen LogP) is 5.51. The van der Waals surface area contributed by atoms with Crippen molar-refractivity contribution >= 4 is 16.9 Å². The van der Waals surface area contributed by atoms with Gasteiger partial charge in [0.1, 0.15) is 5.60 Å². The molecule has 1 fully saturated rings. The summed E-state index contributed by atoms with van der Waals surface area (Å²) >= 11 is 0. The molecule has 192 valence electrons. The van der Waals surface area contributed by atoms with E-state index in [9.17, 15) is 9.90 Å². The van der Waals surface area contributed by atoms with E-state index in [1.54, 1.807) is 12.0 Å². The molecule has 0 aliphatic carbocycles. The SMILES string of the molecule is COCC1CN(C(=O)OC(C)(C)C)CC(OCc2ccc3ccccc3c2)C1c1ccc(CO)cc1. The minimum Gasteiger partial charge on any atom is -0.444 e. The number of amides is 1. The lowest BCUT2D eigenvalue weighted by Crippen LogP contribution is -2.53. The van der Waals surface area contributed by atoms with Gasteiger partial charge in [-0.25, -0.2) is 4.79 Å². The van der Waals surface area contributed by atoms with E-state index in [-0.39, 0.29) is 30.6 Å². The highest BCUT2D eigenvalue weighted by molar-refractivity contribution is 5.82. The summed E-state index contributed by atoms with van der Waals surface area (Å²) in [5, 5.41) is 11.9. The second kappa shape index (κ2) is 11.4. The van der Waals surface area contributed by atoms with Crippen molar-refractivity contribution in [1.29, 1.82) is 0 Å². The van der Waals surface area contributed by atoms with Crippen molar-refractivity contribution in [2.45, 2.75) is 51.6 Å². The van der Waals surface area contributed by atoms with Crippen LogP contribution in [0.25, 0.3) is 10.8 Å². The molecule has 1 amide bonds. The summed E-state index contributed by atoms with van der Waals surface area (Å²) in [6, 6.07) is 22.6. The minimum atomic E-state index is -0.577. The average Bonchev–Trinajstić information content (AvgIpc) is 2.86. The van der Waals surface area contributed by atoms with Crippen LogP contribution in [0.1, 0.15) is 43.4 Å². The first-order chi connectivity index (χ1) is 17.3. The molecule has 0 aromatic heterocycles. The largest absolute Gasteiger partial charge is 0.444 e. The molecule has 0 radical (unpaired) electrons. The van der Waals surface area contributed by atoms with E-state index >= 15 is 0 Å². The number of hydrogen-bond donors (Lipinski definition) is 1. The van der Waals surface area contributed by atoms with Crippen LogP contribution in [0.5, 0.6) is 0 Å². The first-order valence-electron chi connectivity index (χ1n) is 12.5. The van der Waals surface area contributed by atoms with Crippen molar-refractivity contribution < 1.29 is 24.1 Å². The lowest BCUT2D eigenvalue weighted by Gasteiger charge is -2.44. The monoisotopic (exact) mass is 491 g/mol. The third kappa shape index (κ3) is 6.44. The number of rotatable bonds is 7. The van der Waals surface area contributed by atoms with Crippen molar-refractivity contribution in [2.75, 3.05) is 26.8 Å². The summed E-state index contributed by atoms with van der Waals surface area (Å²) in [6.45, 7) is 7.49. The maximum Gasteiger partial charge on any atom is 0.410 e. The Labute approximate surface area is 213 Å². The molecule has 36 heavy (non-hydrogen) atoms. The van der Waals surface area contributed by atoms with Gasteiger partial charge in [0.15, 0.2) is 0 Å². The van der Waals surface area contributed by atoms with Gasteiger partial charge in [-0.05, 0) is 54.3 Å². The van der Waals surface area contributed by atoms with Crippen LogP contribution in [0.4, 0.5) is 4.79 Å². The molecule has 3 aromatic carbocycles. The molecule has 0 saturated carbocycles. The molecule has 1 heterocycles. The minimum absolute atomic E-state index is 0.000754. The number of carbonyl (C=O) groups excluding carboxylic acids is 1. The Morgan fingerprint density at radius 1 is 0.972 bits per heavy atom.